The van der Waals surface area contributed by atoms with E-state index in [4.69, 9.17) is 4.99 Å². The third-order valence-corrected chi connectivity index (χ3v) is 3.57. The third-order valence-electron chi connectivity index (χ3n) is 3.57. The van der Waals surface area contributed by atoms with E-state index >= 15 is 0 Å². The van der Waals surface area contributed by atoms with Gasteiger partial charge in [0.05, 0.1) is 6.54 Å². The summed E-state index contributed by atoms with van der Waals surface area (Å²) in [5.74, 6) is 1.90. The fourth-order valence-corrected chi connectivity index (χ4v) is 2.29. The van der Waals surface area contributed by atoms with E-state index in [1.807, 2.05) is 0 Å². The standard InChI is InChI=1S/C14H30N4.HI/c1-5-15-14(16-9-11-17(4)6-2)18-10-7-8-13(3)12-18;/h13H,5-12H2,1-4H3,(H,15,16);1H. The zero-order chi connectivity index (χ0) is 13.4. The molecular weight excluding hydrogens is 351 g/mol. The summed E-state index contributed by atoms with van der Waals surface area (Å²) in [6.45, 7) is 12.9. The number of nitrogens with zero attached hydrogens (tertiary/aromatic N) is 3. The highest BCUT2D eigenvalue weighted by Crippen LogP contribution is 2.15. The number of aliphatic imine (C=N–C) groups is 1. The Kier molecular flexibility index (Phi) is 10.7. The Morgan fingerprint density at radius 1 is 1.42 bits per heavy atom. The van der Waals surface area contributed by atoms with Crippen LogP contribution in [0.15, 0.2) is 4.99 Å². The van der Waals surface area contributed by atoms with Gasteiger partial charge in [0.25, 0.3) is 0 Å². The normalized spacial score (nSPS) is 20.4. The molecule has 0 bridgehead atoms. The summed E-state index contributed by atoms with van der Waals surface area (Å²) in [5, 5.41) is 3.42. The van der Waals surface area contributed by atoms with Crippen LogP contribution in [-0.4, -0.2) is 62.1 Å². The minimum Gasteiger partial charge on any atom is -0.357 e. The van der Waals surface area contributed by atoms with E-state index in [2.05, 4.69) is 42.9 Å². The molecule has 1 rings (SSSR count). The lowest BCUT2D eigenvalue weighted by atomic mass is 10.0. The number of piperidine rings is 1. The average molecular weight is 382 g/mol. The molecule has 1 fully saturated rings. The molecule has 1 N–H and O–H groups in total. The van der Waals surface area contributed by atoms with E-state index in [1.54, 1.807) is 0 Å². The number of likely N-dealkylation sites (tertiary alicyclic amines) is 1. The molecule has 0 amide bonds. The highest BCUT2D eigenvalue weighted by molar-refractivity contribution is 14.0. The summed E-state index contributed by atoms with van der Waals surface area (Å²) in [7, 11) is 2.14. The molecule has 5 heteroatoms. The van der Waals surface area contributed by atoms with Crippen molar-refractivity contribution < 1.29 is 0 Å². The molecule has 1 aliphatic heterocycles. The molecule has 1 heterocycles. The van der Waals surface area contributed by atoms with Crippen molar-refractivity contribution in [3.05, 3.63) is 0 Å². The van der Waals surface area contributed by atoms with E-state index in [0.29, 0.717) is 0 Å². The van der Waals surface area contributed by atoms with E-state index in [-0.39, 0.29) is 24.0 Å². The van der Waals surface area contributed by atoms with Gasteiger partial charge in [0, 0.05) is 26.2 Å². The number of hydrogen-bond donors (Lipinski definition) is 1. The molecule has 0 aromatic heterocycles. The van der Waals surface area contributed by atoms with Crippen molar-refractivity contribution in [2.45, 2.75) is 33.6 Å². The van der Waals surface area contributed by atoms with Gasteiger partial charge in [-0.05, 0) is 39.3 Å². The molecule has 0 aromatic carbocycles. The number of hydrogen-bond acceptors (Lipinski definition) is 2. The Balaban J connectivity index is 0.00000324. The summed E-state index contributed by atoms with van der Waals surface area (Å²) >= 11 is 0. The first-order valence-corrected chi connectivity index (χ1v) is 7.39. The maximum absolute atomic E-state index is 4.75. The second-order valence-electron chi connectivity index (χ2n) is 5.32. The van der Waals surface area contributed by atoms with E-state index in [0.717, 1.165) is 51.1 Å². The molecule has 19 heavy (non-hydrogen) atoms. The van der Waals surface area contributed by atoms with Gasteiger partial charge in [-0.15, -0.1) is 24.0 Å². The fourth-order valence-electron chi connectivity index (χ4n) is 2.29. The highest BCUT2D eigenvalue weighted by atomic mass is 127. The second-order valence-corrected chi connectivity index (χ2v) is 5.32. The Morgan fingerprint density at radius 2 is 2.16 bits per heavy atom. The number of likely N-dealkylation sites (N-methyl/N-ethyl adjacent to an activating group) is 1. The Bertz CT molecular complexity index is 258. The fraction of sp³-hybridized carbons (Fsp3) is 0.929. The van der Waals surface area contributed by atoms with Crippen molar-refractivity contribution in [1.82, 2.24) is 15.1 Å². The summed E-state index contributed by atoms with van der Waals surface area (Å²) < 4.78 is 0. The predicted octanol–water partition coefficient (Wildman–Crippen LogP) is 2.25. The zero-order valence-corrected chi connectivity index (χ0v) is 15.3. The quantitative estimate of drug-likeness (QED) is 0.450. The first kappa shape index (κ1) is 19.0. The van der Waals surface area contributed by atoms with Crippen LogP contribution < -0.4 is 5.32 Å². The first-order valence-electron chi connectivity index (χ1n) is 7.39. The van der Waals surface area contributed by atoms with Crippen molar-refractivity contribution in [2.75, 3.05) is 46.3 Å². The van der Waals surface area contributed by atoms with Gasteiger partial charge < -0.3 is 15.1 Å². The van der Waals surface area contributed by atoms with Crippen molar-refractivity contribution >= 4 is 29.9 Å². The Hall–Kier alpha value is -0.0400. The molecule has 4 nitrogen and oxygen atoms in total. The minimum absolute atomic E-state index is 0. The van der Waals surface area contributed by atoms with Crippen LogP contribution >= 0.6 is 24.0 Å². The molecule has 0 radical (unpaired) electrons. The third kappa shape index (κ3) is 7.34. The van der Waals surface area contributed by atoms with Crippen LogP contribution in [0.1, 0.15) is 33.6 Å². The van der Waals surface area contributed by atoms with Crippen molar-refractivity contribution in [3.63, 3.8) is 0 Å². The van der Waals surface area contributed by atoms with Gasteiger partial charge >= 0.3 is 0 Å². The first-order chi connectivity index (χ1) is 8.67. The van der Waals surface area contributed by atoms with Crippen LogP contribution in [0.2, 0.25) is 0 Å². The summed E-state index contributed by atoms with van der Waals surface area (Å²) in [4.78, 5) is 9.47. The Labute approximate surface area is 136 Å². The largest absolute Gasteiger partial charge is 0.357 e. The van der Waals surface area contributed by atoms with Gasteiger partial charge in [0.2, 0.25) is 0 Å². The van der Waals surface area contributed by atoms with E-state index in [9.17, 15) is 0 Å². The van der Waals surface area contributed by atoms with Crippen LogP contribution in [0.4, 0.5) is 0 Å². The molecule has 0 saturated carbocycles. The topological polar surface area (TPSA) is 30.9 Å². The lowest BCUT2D eigenvalue weighted by molar-refractivity contribution is 0.265. The summed E-state index contributed by atoms with van der Waals surface area (Å²) in [6.07, 6.45) is 2.65. The van der Waals surface area contributed by atoms with Crippen molar-refractivity contribution in [2.24, 2.45) is 10.9 Å². The molecule has 0 aromatic rings. The van der Waals surface area contributed by atoms with Gasteiger partial charge in [0.15, 0.2) is 5.96 Å². The predicted molar refractivity (Wildman–Crippen MR) is 94.5 cm³/mol. The highest BCUT2D eigenvalue weighted by Gasteiger charge is 2.18. The monoisotopic (exact) mass is 382 g/mol. The van der Waals surface area contributed by atoms with Gasteiger partial charge in [-0.25, -0.2) is 0 Å². The lowest BCUT2D eigenvalue weighted by Crippen LogP contribution is -2.46. The second kappa shape index (κ2) is 10.7. The molecule has 1 unspecified atom stereocenters. The minimum atomic E-state index is 0. The van der Waals surface area contributed by atoms with Crippen LogP contribution in [0.3, 0.4) is 0 Å². The number of guanidine groups is 1. The Morgan fingerprint density at radius 3 is 2.74 bits per heavy atom. The molecule has 0 spiro atoms. The molecule has 114 valence electrons. The maximum atomic E-state index is 4.75. The average Bonchev–Trinajstić information content (AvgIpc) is 2.37. The number of rotatable bonds is 5. The van der Waals surface area contributed by atoms with Gasteiger partial charge in [0.1, 0.15) is 0 Å². The molecule has 1 saturated heterocycles. The molecule has 1 atom stereocenters. The SMILES string of the molecule is CCNC(=NCCN(C)CC)N1CCCC(C)C1.I. The lowest BCUT2D eigenvalue weighted by Gasteiger charge is -2.33. The van der Waals surface area contributed by atoms with Gasteiger partial charge in [-0.2, -0.15) is 0 Å². The summed E-state index contributed by atoms with van der Waals surface area (Å²) in [6, 6.07) is 0. The maximum Gasteiger partial charge on any atom is 0.193 e. The van der Waals surface area contributed by atoms with E-state index < -0.39 is 0 Å². The number of halogens is 1. The zero-order valence-electron chi connectivity index (χ0n) is 13.0. The van der Waals surface area contributed by atoms with Gasteiger partial charge in [-0.3, -0.25) is 4.99 Å². The van der Waals surface area contributed by atoms with E-state index in [1.165, 1.54) is 12.8 Å². The van der Waals surface area contributed by atoms with Crippen molar-refractivity contribution in [3.8, 4) is 0 Å². The van der Waals surface area contributed by atoms with Crippen LogP contribution in [0.5, 0.6) is 0 Å². The smallest absolute Gasteiger partial charge is 0.193 e. The molecule has 0 aliphatic carbocycles. The molecular formula is C14H31IN4. The van der Waals surface area contributed by atoms with Crippen LogP contribution in [-0.2, 0) is 0 Å². The molecule has 1 aliphatic rings. The van der Waals surface area contributed by atoms with Crippen LogP contribution in [0.25, 0.3) is 0 Å². The van der Waals surface area contributed by atoms with Crippen molar-refractivity contribution in [1.29, 1.82) is 0 Å². The number of nitrogens with one attached hydrogen (secondary N) is 1. The van der Waals surface area contributed by atoms with Gasteiger partial charge in [-0.1, -0.05) is 13.8 Å². The van der Waals surface area contributed by atoms with Crippen LogP contribution in [0, 0.1) is 5.92 Å². The summed E-state index contributed by atoms with van der Waals surface area (Å²) in [5.41, 5.74) is 0.